The lowest BCUT2D eigenvalue weighted by Gasteiger charge is -2.35. The number of benzene rings is 1. The van der Waals surface area contributed by atoms with Crippen molar-refractivity contribution in [1.29, 1.82) is 0 Å². The molecule has 7 nitrogen and oxygen atoms in total. The zero-order valence-electron chi connectivity index (χ0n) is 18.5. The number of anilines is 1. The number of hydrogen-bond acceptors (Lipinski definition) is 6. The number of nitrogens with zero attached hydrogens (tertiary/aromatic N) is 3. The molecule has 2 aromatic rings. The average Bonchev–Trinajstić information content (AvgIpc) is 3.04. The highest BCUT2D eigenvalue weighted by Gasteiger charge is 2.56. The molecule has 0 bridgehead atoms. The number of alkyl halides is 3. The van der Waals surface area contributed by atoms with Crippen LogP contribution in [0.3, 0.4) is 0 Å². The molecule has 1 amide bonds. The normalized spacial score (nSPS) is 18.2. The number of hydrogen-bond donors (Lipinski definition) is 3. The molecule has 1 aliphatic heterocycles. The van der Waals surface area contributed by atoms with Gasteiger partial charge in [-0.15, -0.1) is 0 Å². The summed E-state index contributed by atoms with van der Waals surface area (Å²) in [6, 6.07) is 6.27. The van der Waals surface area contributed by atoms with E-state index in [1.807, 2.05) is 29.2 Å². The highest BCUT2D eigenvalue weighted by Crippen LogP contribution is 2.31. The Balaban J connectivity index is 1.59. The number of carbonyl (C=O) groups excluding carboxylic acids is 1. The van der Waals surface area contributed by atoms with Crippen LogP contribution in [0, 0.1) is 0 Å². The zero-order chi connectivity index (χ0) is 24.5. The fourth-order valence-corrected chi connectivity index (χ4v) is 3.94. The predicted octanol–water partition coefficient (Wildman–Crippen LogP) is 1.77. The Morgan fingerprint density at radius 2 is 1.88 bits per heavy atom. The molecular formula is C24H25F3N4O3. The fourth-order valence-electron chi connectivity index (χ4n) is 3.94. The maximum atomic E-state index is 13.0. The van der Waals surface area contributed by atoms with Gasteiger partial charge in [0, 0.05) is 24.4 Å². The quantitative estimate of drug-likeness (QED) is 0.625. The summed E-state index contributed by atoms with van der Waals surface area (Å²) in [6.07, 6.45) is 4.17. The van der Waals surface area contributed by atoms with Gasteiger partial charge in [-0.3, -0.25) is 4.79 Å². The maximum Gasteiger partial charge on any atom is 0.426 e. The third kappa shape index (κ3) is 4.63. The van der Waals surface area contributed by atoms with E-state index in [1.54, 1.807) is 24.3 Å². The van der Waals surface area contributed by atoms with Gasteiger partial charge in [0.25, 0.3) is 5.91 Å². The van der Waals surface area contributed by atoms with E-state index in [-0.39, 0.29) is 5.75 Å². The largest absolute Gasteiger partial charge is 0.507 e. The molecule has 0 radical (unpaired) electrons. The van der Waals surface area contributed by atoms with E-state index in [1.165, 1.54) is 0 Å². The van der Waals surface area contributed by atoms with E-state index in [4.69, 9.17) is 4.98 Å². The van der Waals surface area contributed by atoms with E-state index in [9.17, 15) is 28.2 Å². The number of amides is 1. The lowest BCUT2D eigenvalue weighted by atomic mass is 10.0. The molecule has 34 heavy (non-hydrogen) atoms. The first-order valence-corrected chi connectivity index (χ1v) is 11.0. The summed E-state index contributed by atoms with van der Waals surface area (Å²) in [4.78, 5) is 23.4. The van der Waals surface area contributed by atoms with Crippen molar-refractivity contribution in [3.8, 4) is 17.1 Å². The number of fused-ring (bicyclic) bond motifs is 1. The van der Waals surface area contributed by atoms with Crippen LogP contribution < -0.4 is 20.8 Å². The lowest BCUT2D eigenvalue weighted by molar-refractivity contribution is -0.245. The SMILES string of the molecule is CC(O)(C(=O)NC1CCN(c2nc(-c3ccccc3O)nc3c2=CCC=CC=3)CC1)C(F)(F)F. The predicted molar refractivity (Wildman–Crippen MR) is 121 cm³/mol. The summed E-state index contributed by atoms with van der Waals surface area (Å²) in [5, 5.41) is 23.8. The Morgan fingerprint density at radius 1 is 1.18 bits per heavy atom. The Labute approximate surface area is 194 Å². The summed E-state index contributed by atoms with van der Waals surface area (Å²) < 4.78 is 38.9. The molecule has 1 aliphatic carbocycles. The number of nitrogens with one attached hydrogen (secondary N) is 1. The molecule has 0 spiro atoms. The van der Waals surface area contributed by atoms with Crippen molar-refractivity contribution in [2.75, 3.05) is 18.0 Å². The maximum absolute atomic E-state index is 13.0. The van der Waals surface area contributed by atoms with Gasteiger partial charge in [0.1, 0.15) is 11.6 Å². The number of phenols is 1. The molecule has 2 heterocycles. The number of para-hydroxylation sites is 1. The van der Waals surface area contributed by atoms with Gasteiger partial charge >= 0.3 is 6.18 Å². The van der Waals surface area contributed by atoms with Crippen LogP contribution in [-0.4, -0.2) is 57.0 Å². The van der Waals surface area contributed by atoms with Crippen molar-refractivity contribution >= 4 is 23.9 Å². The van der Waals surface area contributed by atoms with Crippen LogP contribution in [0.25, 0.3) is 23.5 Å². The van der Waals surface area contributed by atoms with E-state index >= 15 is 0 Å². The van der Waals surface area contributed by atoms with Crippen molar-refractivity contribution in [3.05, 3.63) is 47.0 Å². The first kappa shape index (κ1) is 23.7. The summed E-state index contributed by atoms with van der Waals surface area (Å²) in [7, 11) is 0. The third-order valence-electron chi connectivity index (χ3n) is 6.07. The minimum absolute atomic E-state index is 0.0553. The number of aromatic hydroxyl groups is 1. The molecule has 1 aromatic heterocycles. The Kier molecular flexibility index (Phi) is 6.35. The van der Waals surface area contributed by atoms with Crippen LogP contribution in [0.4, 0.5) is 19.0 Å². The summed E-state index contributed by atoms with van der Waals surface area (Å²) >= 11 is 0. The van der Waals surface area contributed by atoms with Crippen molar-refractivity contribution in [2.24, 2.45) is 0 Å². The second kappa shape index (κ2) is 9.09. The molecule has 1 fully saturated rings. The number of halogens is 3. The topological polar surface area (TPSA) is 98.6 Å². The summed E-state index contributed by atoms with van der Waals surface area (Å²) in [6.45, 7) is 1.32. The molecular weight excluding hydrogens is 449 g/mol. The molecule has 10 heteroatoms. The van der Waals surface area contributed by atoms with Crippen LogP contribution >= 0.6 is 0 Å². The highest BCUT2D eigenvalue weighted by molar-refractivity contribution is 5.85. The van der Waals surface area contributed by atoms with Crippen LogP contribution in [0.5, 0.6) is 5.75 Å². The molecule has 3 N–H and O–H groups in total. The molecule has 180 valence electrons. The summed E-state index contributed by atoms with van der Waals surface area (Å²) in [5.74, 6) is -0.372. The van der Waals surface area contributed by atoms with E-state index in [2.05, 4.69) is 10.3 Å². The second-order valence-electron chi connectivity index (χ2n) is 8.53. The number of rotatable bonds is 4. The fraction of sp³-hybridized carbons (Fsp3) is 0.375. The summed E-state index contributed by atoms with van der Waals surface area (Å²) in [5.41, 5.74) is -2.96. The smallest absolute Gasteiger partial charge is 0.426 e. The van der Waals surface area contributed by atoms with Crippen LogP contribution in [0.1, 0.15) is 26.2 Å². The second-order valence-corrected chi connectivity index (χ2v) is 8.53. The number of aromatic nitrogens is 2. The molecule has 1 saturated heterocycles. The van der Waals surface area contributed by atoms with Gasteiger partial charge in [-0.05, 0) is 44.4 Å². The number of phenolic OH excluding ortho intramolecular Hbond substituents is 1. The van der Waals surface area contributed by atoms with Gasteiger partial charge < -0.3 is 20.4 Å². The standard InChI is InChI=1S/C24H25F3N4O3/c1-23(34,24(25,26)27)22(33)28-15-11-13-31(14-12-15)21-16-7-3-2-4-9-18(16)29-20(30-21)17-8-5-6-10-19(17)32/h2,4-10,15,32,34H,3,11-14H2,1H3,(H,28,33). The molecule has 2 aliphatic rings. The minimum atomic E-state index is -5.06. The Bertz CT molecular complexity index is 1230. The molecule has 4 rings (SSSR count). The number of aliphatic hydroxyl groups is 1. The van der Waals surface area contributed by atoms with Gasteiger partial charge in [0.15, 0.2) is 5.82 Å². The molecule has 1 atom stereocenters. The van der Waals surface area contributed by atoms with Crippen molar-refractivity contribution < 1.29 is 28.2 Å². The van der Waals surface area contributed by atoms with E-state index in [0.717, 1.165) is 5.22 Å². The van der Waals surface area contributed by atoms with Gasteiger partial charge in [-0.2, -0.15) is 13.2 Å². The highest BCUT2D eigenvalue weighted by atomic mass is 19.4. The molecule has 0 saturated carbocycles. The first-order valence-electron chi connectivity index (χ1n) is 11.0. The number of carbonyl (C=O) groups is 1. The first-order chi connectivity index (χ1) is 16.1. The van der Waals surface area contributed by atoms with Gasteiger partial charge in [-0.1, -0.05) is 30.4 Å². The van der Waals surface area contributed by atoms with Gasteiger partial charge in [0.05, 0.1) is 10.9 Å². The number of allylic oxidation sites excluding steroid dienone is 2. The van der Waals surface area contributed by atoms with Gasteiger partial charge in [0.2, 0.25) is 5.60 Å². The van der Waals surface area contributed by atoms with E-state index in [0.29, 0.717) is 61.8 Å². The van der Waals surface area contributed by atoms with Crippen LogP contribution in [-0.2, 0) is 4.79 Å². The Morgan fingerprint density at radius 3 is 2.56 bits per heavy atom. The molecule has 1 unspecified atom stereocenters. The van der Waals surface area contributed by atoms with Crippen molar-refractivity contribution in [3.63, 3.8) is 0 Å². The monoisotopic (exact) mass is 474 g/mol. The van der Waals surface area contributed by atoms with Crippen molar-refractivity contribution in [2.45, 2.75) is 44.0 Å². The molecule has 1 aromatic carbocycles. The Hall–Kier alpha value is -3.40. The zero-order valence-corrected chi connectivity index (χ0v) is 18.5. The minimum Gasteiger partial charge on any atom is -0.507 e. The third-order valence-corrected chi connectivity index (χ3v) is 6.07. The lowest BCUT2D eigenvalue weighted by Crippen LogP contribution is -2.58. The van der Waals surface area contributed by atoms with Crippen molar-refractivity contribution in [1.82, 2.24) is 15.3 Å². The number of piperidine rings is 1. The average molecular weight is 474 g/mol. The van der Waals surface area contributed by atoms with E-state index < -0.39 is 23.7 Å². The van der Waals surface area contributed by atoms with Crippen LogP contribution in [0.15, 0.2) is 36.4 Å². The van der Waals surface area contributed by atoms with Gasteiger partial charge in [-0.25, -0.2) is 9.97 Å². The van der Waals surface area contributed by atoms with Crippen LogP contribution in [0.2, 0.25) is 0 Å².